The highest BCUT2D eigenvalue weighted by molar-refractivity contribution is 5.75. The van der Waals surface area contributed by atoms with Gasteiger partial charge in [0.15, 0.2) is 0 Å². The number of ether oxygens (including phenoxy) is 1. The summed E-state index contributed by atoms with van der Waals surface area (Å²) in [4.78, 5) is 13.2. The Bertz CT molecular complexity index is 472. The summed E-state index contributed by atoms with van der Waals surface area (Å²) in [5.74, 6) is 1.18. The number of hydrogen-bond acceptors (Lipinski definition) is 3. The first-order valence-corrected chi connectivity index (χ1v) is 7.31. The maximum Gasteiger partial charge on any atom is 0.223 e. The van der Waals surface area contributed by atoms with Crippen molar-refractivity contribution in [2.45, 2.75) is 32.2 Å². The monoisotopic (exact) mass is 276 g/mol. The van der Waals surface area contributed by atoms with Crippen LogP contribution in [0.2, 0.25) is 0 Å². The molecule has 1 heterocycles. The Morgan fingerprint density at radius 3 is 2.95 bits per heavy atom. The first-order chi connectivity index (χ1) is 9.61. The summed E-state index contributed by atoms with van der Waals surface area (Å²) in [5, 5.41) is 3.47. The zero-order valence-electron chi connectivity index (χ0n) is 12.6. The Morgan fingerprint density at radius 2 is 2.25 bits per heavy atom. The molecule has 1 unspecified atom stereocenters. The fraction of sp³-hybridized carbons (Fsp3) is 0.562. The lowest BCUT2D eigenvalue weighted by Gasteiger charge is -2.19. The van der Waals surface area contributed by atoms with Crippen LogP contribution >= 0.6 is 0 Å². The highest BCUT2D eigenvalue weighted by Gasteiger charge is 2.16. The molecule has 0 radical (unpaired) electrons. The third-order valence-corrected chi connectivity index (χ3v) is 3.75. The average molecular weight is 276 g/mol. The molecule has 110 valence electrons. The molecule has 1 aromatic rings. The first-order valence-electron chi connectivity index (χ1n) is 7.31. The van der Waals surface area contributed by atoms with E-state index in [1.807, 2.05) is 0 Å². The van der Waals surface area contributed by atoms with Crippen molar-refractivity contribution in [3.63, 3.8) is 0 Å². The molecule has 1 aromatic carbocycles. The number of benzene rings is 1. The molecule has 0 aliphatic carbocycles. The van der Waals surface area contributed by atoms with Crippen LogP contribution in [0.5, 0.6) is 5.75 Å². The van der Waals surface area contributed by atoms with E-state index in [1.54, 1.807) is 19.0 Å². The normalized spacial score (nSPS) is 14.6. The summed E-state index contributed by atoms with van der Waals surface area (Å²) in [7, 11) is 3.58. The fourth-order valence-corrected chi connectivity index (χ4v) is 2.50. The predicted octanol–water partition coefficient (Wildman–Crippen LogP) is 2.14. The van der Waals surface area contributed by atoms with Gasteiger partial charge in [-0.3, -0.25) is 4.79 Å². The molecule has 4 nitrogen and oxygen atoms in total. The maximum absolute atomic E-state index is 11.6. The number of nitrogens with one attached hydrogen (secondary N) is 1. The van der Waals surface area contributed by atoms with E-state index >= 15 is 0 Å². The SMILES string of the molecule is CCC(NCCC(=O)N(C)C)c1ccc2c(c1)CCO2. The minimum absolute atomic E-state index is 0.162. The van der Waals surface area contributed by atoms with Crippen LogP contribution in [0.3, 0.4) is 0 Å². The van der Waals surface area contributed by atoms with Crippen molar-refractivity contribution in [3.05, 3.63) is 29.3 Å². The Labute approximate surface area is 121 Å². The van der Waals surface area contributed by atoms with Crippen molar-refractivity contribution in [1.29, 1.82) is 0 Å². The van der Waals surface area contributed by atoms with Crippen LogP contribution in [0.1, 0.15) is 36.9 Å². The largest absolute Gasteiger partial charge is 0.493 e. The van der Waals surface area contributed by atoms with Gasteiger partial charge in [0.25, 0.3) is 0 Å². The van der Waals surface area contributed by atoms with Crippen molar-refractivity contribution in [3.8, 4) is 5.75 Å². The topological polar surface area (TPSA) is 41.6 Å². The van der Waals surface area contributed by atoms with Gasteiger partial charge >= 0.3 is 0 Å². The van der Waals surface area contributed by atoms with Gasteiger partial charge in [-0.05, 0) is 23.6 Å². The Kier molecular flexibility index (Phi) is 5.01. The second-order valence-corrected chi connectivity index (χ2v) is 5.42. The van der Waals surface area contributed by atoms with Crippen LogP contribution < -0.4 is 10.1 Å². The quantitative estimate of drug-likeness (QED) is 0.865. The Morgan fingerprint density at radius 1 is 1.45 bits per heavy atom. The van der Waals surface area contributed by atoms with Crippen LogP contribution in [-0.4, -0.2) is 38.1 Å². The van der Waals surface area contributed by atoms with Gasteiger partial charge in [-0.2, -0.15) is 0 Å². The molecular formula is C16H24N2O2. The van der Waals surface area contributed by atoms with Gasteiger partial charge in [0.1, 0.15) is 5.75 Å². The smallest absolute Gasteiger partial charge is 0.223 e. The second kappa shape index (κ2) is 6.75. The van der Waals surface area contributed by atoms with Gasteiger partial charge in [-0.15, -0.1) is 0 Å². The molecular weight excluding hydrogens is 252 g/mol. The Hall–Kier alpha value is -1.55. The standard InChI is InChI=1S/C16H24N2O2/c1-4-14(17-9-7-16(19)18(2)3)12-5-6-15-13(11-12)8-10-20-15/h5-6,11,14,17H,4,7-10H2,1-3H3. The molecule has 0 bridgehead atoms. The van der Waals surface area contributed by atoms with Crippen molar-refractivity contribution < 1.29 is 9.53 Å². The molecule has 0 fully saturated rings. The van der Waals surface area contributed by atoms with E-state index in [4.69, 9.17) is 4.74 Å². The van der Waals surface area contributed by atoms with Crippen LogP contribution in [0.15, 0.2) is 18.2 Å². The van der Waals surface area contributed by atoms with Gasteiger partial charge in [-0.25, -0.2) is 0 Å². The van der Waals surface area contributed by atoms with Crippen LogP contribution in [0, 0.1) is 0 Å². The van der Waals surface area contributed by atoms with Gasteiger partial charge in [0.2, 0.25) is 5.91 Å². The minimum atomic E-state index is 0.162. The van der Waals surface area contributed by atoms with E-state index in [0.29, 0.717) is 19.0 Å². The molecule has 4 heteroatoms. The van der Waals surface area contributed by atoms with Gasteiger partial charge in [0.05, 0.1) is 6.61 Å². The molecule has 0 aromatic heterocycles. The van der Waals surface area contributed by atoms with Crippen molar-refractivity contribution >= 4 is 5.91 Å². The summed E-state index contributed by atoms with van der Waals surface area (Å²) < 4.78 is 5.54. The molecule has 1 atom stereocenters. The van der Waals surface area contributed by atoms with Gasteiger partial charge < -0.3 is 15.0 Å². The van der Waals surface area contributed by atoms with E-state index in [9.17, 15) is 4.79 Å². The highest BCUT2D eigenvalue weighted by Crippen LogP contribution is 2.29. The average Bonchev–Trinajstić information content (AvgIpc) is 2.90. The van der Waals surface area contributed by atoms with E-state index < -0.39 is 0 Å². The molecule has 0 saturated carbocycles. The number of carbonyl (C=O) groups excluding carboxylic acids is 1. The van der Waals surface area contributed by atoms with Crippen LogP contribution in [-0.2, 0) is 11.2 Å². The number of amides is 1. The zero-order valence-corrected chi connectivity index (χ0v) is 12.6. The maximum atomic E-state index is 11.6. The molecule has 1 N–H and O–H groups in total. The molecule has 1 aliphatic heterocycles. The summed E-state index contributed by atoms with van der Waals surface area (Å²) in [5.41, 5.74) is 2.58. The highest BCUT2D eigenvalue weighted by atomic mass is 16.5. The zero-order chi connectivity index (χ0) is 14.5. The number of hydrogen-bond donors (Lipinski definition) is 1. The van der Waals surface area contributed by atoms with E-state index in [1.165, 1.54) is 11.1 Å². The number of nitrogens with zero attached hydrogens (tertiary/aromatic N) is 1. The van der Waals surface area contributed by atoms with Crippen molar-refractivity contribution in [1.82, 2.24) is 10.2 Å². The summed E-state index contributed by atoms with van der Waals surface area (Å²) >= 11 is 0. The lowest BCUT2D eigenvalue weighted by molar-refractivity contribution is -0.128. The van der Waals surface area contributed by atoms with Crippen LogP contribution in [0.25, 0.3) is 0 Å². The summed E-state index contributed by atoms with van der Waals surface area (Å²) in [6.45, 7) is 3.67. The summed E-state index contributed by atoms with van der Waals surface area (Å²) in [6.07, 6.45) is 2.55. The van der Waals surface area contributed by atoms with E-state index in [0.717, 1.165) is 25.2 Å². The molecule has 1 aliphatic rings. The predicted molar refractivity (Wildman–Crippen MR) is 80.0 cm³/mol. The molecule has 1 amide bonds. The van der Waals surface area contributed by atoms with Crippen molar-refractivity contribution in [2.24, 2.45) is 0 Å². The Balaban J connectivity index is 1.93. The molecule has 0 spiro atoms. The number of fused-ring (bicyclic) bond motifs is 1. The van der Waals surface area contributed by atoms with Crippen LogP contribution in [0.4, 0.5) is 0 Å². The molecule has 0 saturated heterocycles. The minimum Gasteiger partial charge on any atom is -0.493 e. The third kappa shape index (κ3) is 3.51. The number of rotatable bonds is 6. The fourth-order valence-electron chi connectivity index (χ4n) is 2.50. The lowest BCUT2D eigenvalue weighted by atomic mass is 10.0. The summed E-state index contributed by atoms with van der Waals surface area (Å²) in [6, 6.07) is 6.72. The van der Waals surface area contributed by atoms with E-state index in [-0.39, 0.29) is 5.91 Å². The van der Waals surface area contributed by atoms with Gasteiger partial charge in [0, 0.05) is 39.5 Å². The lowest BCUT2D eigenvalue weighted by Crippen LogP contribution is -2.28. The van der Waals surface area contributed by atoms with E-state index in [2.05, 4.69) is 30.4 Å². The molecule has 2 rings (SSSR count). The molecule has 20 heavy (non-hydrogen) atoms. The second-order valence-electron chi connectivity index (χ2n) is 5.42. The van der Waals surface area contributed by atoms with Crippen molar-refractivity contribution in [2.75, 3.05) is 27.2 Å². The number of carbonyl (C=O) groups is 1. The first kappa shape index (κ1) is 14.9. The third-order valence-electron chi connectivity index (χ3n) is 3.75. The van der Waals surface area contributed by atoms with Gasteiger partial charge in [-0.1, -0.05) is 19.1 Å².